The maximum Gasteiger partial charge on any atom is 0.227 e. The molecule has 0 aliphatic carbocycles. The summed E-state index contributed by atoms with van der Waals surface area (Å²) in [6, 6.07) is 7.33. The molecule has 2 amide bonds. The van der Waals surface area contributed by atoms with Crippen LogP contribution in [-0.2, 0) is 9.59 Å². The highest BCUT2D eigenvalue weighted by Gasteiger charge is 2.35. The average molecular weight is 366 g/mol. The van der Waals surface area contributed by atoms with Crippen LogP contribution in [0.5, 0.6) is 5.75 Å². The van der Waals surface area contributed by atoms with Gasteiger partial charge in [-0.1, -0.05) is 11.6 Å². The SMILES string of the molecule is COc1ccc(N2CC(C(=O)NCC3=CCNCC3)CC2=O)cc1.Cl. The summed E-state index contributed by atoms with van der Waals surface area (Å²) in [5, 5.41) is 6.22. The van der Waals surface area contributed by atoms with E-state index in [2.05, 4.69) is 16.7 Å². The van der Waals surface area contributed by atoms with E-state index in [1.807, 2.05) is 24.3 Å². The largest absolute Gasteiger partial charge is 0.497 e. The van der Waals surface area contributed by atoms with E-state index in [0.717, 1.165) is 30.9 Å². The molecule has 1 aromatic rings. The fourth-order valence-corrected chi connectivity index (χ4v) is 3.07. The summed E-state index contributed by atoms with van der Waals surface area (Å²) in [5.74, 6) is 0.400. The highest BCUT2D eigenvalue weighted by molar-refractivity contribution is 6.00. The van der Waals surface area contributed by atoms with Crippen molar-refractivity contribution < 1.29 is 14.3 Å². The van der Waals surface area contributed by atoms with E-state index in [0.29, 0.717) is 13.1 Å². The van der Waals surface area contributed by atoms with E-state index < -0.39 is 0 Å². The van der Waals surface area contributed by atoms with Crippen LogP contribution < -0.4 is 20.3 Å². The highest BCUT2D eigenvalue weighted by Crippen LogP contribution is 2.26. The Labute approximate surface area is 154 Å². The van der Waals surface area contributed by atoms with Crippen molar-refractivity contribution in [2.45, 2.75) is 12.8 Å². The Balaban J connectivity index is 0.00000225. The molecule has 136 valence electrons. The third-order valence-corrected chi connectivity index (χ3v) is 4.53. The zero-order valence-corrected chi connectivity index (χ0v) is 15.1. The average Bonchev–Trinajstić information content (AvgIpc) is 3.02. The molecular weight excluding hydrogens is 342 g/mol. The van der Waals surface area contributed by atoms with Crippen LogP contribution in [0.15, 0.2) is 35.9 Å². The van der Waals surface area contributed by atoms with Crippen molar-refractivity contribution in [1.29, 1.82) is 0 Å². The van der Waals surface area contributed by atoms with Gasteiger partial charge in [0.1, 0.15) is 5.75 Å². The van der Waals surface area contributed by atoms with Gasteiger partial charge < -0.3 is 20.3 Å². The van der Waals surface area contributed by atoms with Gasteiger partial charge in [-0.2, -0.15) is 0 Å². The summed E-state index contributed by atoms with van der Waals surface area (Å²) in [6.07, 6.45) is 3.34. The Kier molecular flexibility index (Phi) is 6.84. The number of hydrogen-bond acceptors (Lipinski definition) is 4. The number of amides is 2. The van der Waals surface area contributed by atoms with Gasteiger partial charge in [0.15, 0.2) is 0 Å². The predicted molar refractivity (Wildman–Crippen MR) is 99.3 cm³/mol. The van der Waals surface area contributed by atoms with Crippen molar-refractivity contribution in [1.82, 2.24) is 10.6 Å². The van der Waals surface area contributed by atoms with Gasteiger partial charge in [-0.05, 0) is 37.2 Å². The minimum Gasteiger partial charge on any atom is -0.497 e. The molecule has 2 aliphatic heterocycles. The molecule has 1 saturated heterocycles. The van der Waals surface area contributed by atoms with Crippen LogP contribution in [0.2, 0.25) is 0 Å². The number of nitrogens with one attached hydrogen (secondary N) is 2. The Hall–Kier alpha value is -2.05. The van der Waals surface area contributed by atoms with Crippen LogP contribution in [0.3, 0.4) is 0 Å². The summed E-state index contributed by atoms with van der Waals surface area (Å²) in [4.78, 5) is 26.3. The zero-order valence-electron chi connectivity index (χ0n) is 14.3. The van der Waals surface area contributed by atoms with Crippen LogP contribution in [0.1, 0.15) is 12.8 Å². The Morgan fingerprint density at radius 3 is 2.76 bits per heavy atom. The summed E-state index contributed by atoms with van der Waals surface area (Å²) in [6.45, 7) is 2.82. The molecule has 0 saturated carbocycles. The van der Waals surface area contributed by atoms with E-state index >= 15 is 0 Å². The maximum absolute atomic E-state index is 12.4. The molecule has 0 bridgehead atoms. The molecule has 2 aliphatic rings. The van der Waals surface area contributed by atoms with Crippen molar-refractivity contribution in [3.63, 3.8) is 0 Å². The Morgan fingerprint density at radius 2 is 2.12 bits per heavy atom. The standard InChI is InChI=1S/C18H23N3O3.ClH/c1-24-16-4-2-15(3-5-16)21-12-14(10-17(21)22)18(23)20-11-13-6-8-19-9-7-13;/h2-6,14,19H,7-12H2,1H3,(H,20,23);1H. The number of rotatable bonds is 5. The number of anilines is 1. The number of carbonyl (C=O) groups is 2. The van der Waals surface area contributed by atoms with Crippen LogP contribution >= 0.6 is 12.4 Å². The van der Waals surface area contributed by atoms with E-state index in [9.17, 15) is 9.59 Å². The van der Waals surface area contributed by atoms with Crippen molar-refractivity contribution in [2.75, 3.05) is 38.2 Å². The number of ether oxygens (including phenoxy) is 1. The lowest BCUT2D eigenvalue weighted by Gasteiger charge is -2.18. The second kappa shape index (κ2) is 8.87. The number of carbonyl (C=O) groups excluding carboxylic acids is 2. The third kappa shape index (κ3) is 4.74. The van der Waals surface area contributed by atoms with Crippen molar-refractivity contribution in [2.24, 2.45) is 5.92 Å². The van der Waals surface area contributed by atoms with Crippen LogP contribution in [0.25, 0.3) is 0 Å². The zero-order chi connectivity index (χ0) is 16.9. The van der Waals surface area contributed by atoms with Gasteiger partial charge in [-0.25, -0.2) is 0 Å². The Morgan fingerprint density at radius 1 is 1.36 bits per heavy atom. The van der Waals surface area contributed by atoms with Gasteiger partial charge >= 0.3 is 0 Å². The van der Waals surface area contributed by atoms with Crippen LogP contribution in [-0.4, -0.2) is 45.1 Å². The highest BCUT2D eigenvalue weighted by atomic mass is 35.5. The number of hydrogen-bond donors (Lipinski definition) is 2. The van der Waals surface area contributed by atoms with Crippen LogP contribution in [0.4, 0.5) is 5.69 Å². The number of halogens is 1. The second-order valence-corrected chi connectivity index (χ2v) is 6.14. The topological polar surface area (TPSA) is 70.7 Å². The first-order valence-corrected chi connectivity index (χ1v) is 8.28. The first-order valence-electron chi connectivity index (χ1n) is 8.28. The van der Waals surface area contributed by atoms with E-state index in [4.69, 9.17) is 4.74 Å². The monoisotopic (exact) mass is 365 g/mol. The fraction of sp³-hybridized carbons (Fsp3) is 0.444. The summed E-state index contributed by atoms with van der Waals surface area (Å²) in [5.41, 5.74) is 2.05. The number of methoxy groups -OCH3 is 1. The Bertz CT molecular complexity index is 645. The lowest BCUT2D eigenvalue weighted by Crippen LogP contribution is -2.35. The molecule has 1 aromatic carbocycles. The number of benzene rings is 1. The lowest BCUT2D eigenvalue weighted by molar-refractivity contribution is -0.126. The van der Waals surface area contributed by atoms with E-state index in [-0.39, 0.29) is 36.6 Å². The fourth-order valence-electron chi connectivity index (χ4n) is 3.07. The second-order valence-electron chi connectivity index (χ2n) is 6.14. The predicted octanol–water partition coefficient (Wildman–Crippen LogP) is 1.51. The number of nitrogens with zero attached hydrogens (tertiary/aromatic N) is 1. The first-order chi connectivity index (χ1) is 11.7. The molecule has 2 N–H and O–H groups in total. The van der Waals surface area contributed by atoms with Crippen molar-refractivity contribution in [3.8, 4) is 5.75 Å². The first kappa shape index (κ1) is 19.3. The summed E-state index contributed by atoms with van der Waals surface area (Å²) >= 11 is 0. The molecule has 1 fully saturated rings. The molecule has 7 heteroatoms. The molecule has 0 radical (unpaired) electrons. The smallest absolute Gasteiger partial charge is 0.227 e. The normalized spacial score (nSPS) is 19.9. The minimum absolute atomic E-state index is 0. The summed E-state index contributed by atoms with van der Waals surface area (Å²) < 4.78 is 5.13. The minimum atomic E-state index is -0.290. The molecule has 3 rings (SSSR count). The molecule has 0 spiro atoms. The van der Waals surface area contributed by atoms with Crippen molar-refractivity contribution >= 4 is 29.9 Å². The van der Waals surface area contributed by atoms with Gasteiger partial charge in [0.2, 0.25) is 11.8 Å². The van der Waals surface area contributed by atoms with Gasteiger partial charge in [0.05, 0.1) is 13.0 Å². The summed E-state index contributed by atoms with van der Waals surface area (Å²) in [7, 11) is 1.61. The molecule has 6 nitrogen and oxygen atoms in total. The molecular formula is C18H24ClN3O3. The van der Waals surface area contributed by atoms with Crippen LogP contribution in [0, 0.1) is 5.92 Å². The molecule has 25 heavy (non-hydrogen) atoms. The van der Waals surface area contributed by atoms with E-state index in [1.165, 1.54) is 5.57 Å². The molecule has 0 aromatic heterocycles. The quantitative estimate of drug-likeness (QED) is 0.776. The molecule has 1 atom stereocenters. The molecule has 1 unspecified atom stereocenters. The van der Waals surface area contributed by atoms with Gasteiger partial charge in [0.25, 0.3) is 0 Å². The lowest BCUT2D eigenvalue weighted by atomic mass is 10.1. The van der Waals surface area contributed by atoms with Gasteiger partial charge in [0, 0.05) is 31.7 Å². The van der Waals surface area contributed by atoms with Crippen molar-refractivity contribution in [3.05, 3.63) is 35.9 Å². The molecule has 2 heterocycles. The van der Waals surface area contributed by atoms with Gasteiger partial charge in [-0.3, -0.25) is 9.59 Å². The van der Waals surface area contributed by atoms with Gasteiger partial charge in [-0.15, -0.1) is 12.4 Å². The van der Waals surface area contributed by atoms with E-state index in [1.54, 1.807) is 12.0 Å². The maximum atomic E-state index is 12.4. The third-order valence-electron chi connectivity index (χ3n) is 4.53.